The van der Waals surface area contributed by atoms with E-state index in [1.807, 2.05) is 14.1 Å². The molecule has 138 valence electrons. The van der Waals surface area contributed by atoms with E-state index < -0.39 is 0 Å². The van der Waals surface area contributed by atoms with Crippen LogP contribution in [0.4, 0.5) is 5.69 Å². The standard InChI is InChI=1S/C19H20Cl2N2O3/c1-23(2)11-15(24)9-13-8-12(4-7-18(13)26-3)19(25)22-14-5-6-16(20)17(21)10-14/h4-8,10H,9,11H2,1-3H3,(H,22,25). The van der Waals surface area contributed by atoms with Crippen LogP contribution in [0.3, 0.4) is 0 Å². The fraction of sp³-hybridized carbons (Fsp3) is 0.263. The largest absolute Gasteiger partial charge is 0.496 e. The van der Waals surface area contributed by atoms with Gasteiger partial charge >= 0.3 is 0 Å². The normalized spacial score (nSPS) is 10.7. The summed E-state index contributed by atoms with van der Waals surface area (Å²) >= 11 is 11.8. The molecular formula is C19H20Cl2N2O3. The number of halogens is 2. The van der Waals surface area contributed by atoms with Crippen LogP contribution in [0.2, 0.25) is 10.0 Å². The monoisotopic (exact) mass is 394 g/mol. The Hall–Kier alpha value is -2.08. The van der Waals surface area contributed by atoms with Crippen molar-refractivity contribution in [1.82, 2.24) is 4.90 Å². The number of nitrogens with zero attached hydrogens (tertiary/aromatic N) is 1. The highest BCUT2D eigenvalue weighted by atomic mass is 35.5. The first kappa shape index (κ1) is 20.2. The van der Waals surface area contributed by atoms with E-state index in [1.54, 1.807) is 41.3 Å². The number of carbonyl (C=O) groups excluding carboxylic acids is 2. The number of ketones is 1. The molecule has 2 aromatic rings. The molecule has 0 aliphatic rings. The van der Waals surface area contributed by atoms with Crippen LogP contribution in [-0.4, -0.2) is 44.3 Å². The van der Waals surface area contributed by atoms with Crippen molar-refractivity contribution in [1.29, 1.82) is 0 Å². The molecular weight excluding hydrogens is 375 g/mol. The van der Waals surface area contributed by atoms with Gasteiger partial charge in [0, 0.05) is 23.2 Å². The maximum atomic E-state index is 12.5. The molecule has 0 heterocycles. The highest BCUT2D eigenvalue weighted by molar-refractivity contribution is 6.42. The van der Waals surface area contributed by atoms with Gasteiger partial charge in [-0.25, -0.2) is 0 Å². The van der Waals surface area contributed by atoms with Gasteiger partial charge in [-0.2, -0.15) is 0 Å². The third-order valence-electron chi connectivity index (χ3n) is 3.60. The molecule has 26 heavy (non-hydrogen) atoms. The van der Waals surface area contributed by atoms with Crippen molar-refractivity contribution in [2.75, 3.05) is 33.1 Å². The first-order valence-electron chi connectivity index (χ1n) is 7.90. The summed E-state index contributed by atoms with van der Waals surface area (Å²) in [6.07, 6.45) is 0.190. The highest BCUT2D eigenvalue weighted by Crippen LogP contribution is 2.26. The van der Waals surface area contributed by atoms with E-state index in [0.717, 1.165) is 0 Å². The third-order valence-corrected chi connectivity index (χ3v) is 4.34. The lowest BCUT2D eigenvalue weighted by atomic mass is 10.0. The fourth-order valence-electron chi connectivity index (χ4n) is 2.46. The summed E-state index contributed by atoms with van der Waals surface area (Å²) in [6, 6.07) is 9.84. The molecule has 7 heteroatoms. The third kappa shape index (κ3) is 5.46. The molecule has 5 nitrogen and oxygen atoms in total. The molecule has 0 saturated carbocycles. The Morgan fingerprint density at radius 3 is 2.42 bits per heavy atom. The van der Waals surface area contributed by atoms with E-state index in [2.05, 4.69) is 5.32 Å². The number of carbonyl (C=O) groups is 2. The summed E-state index contributed by atoms with van der Waals surface area (Å²) in [5.74, 6) is 0.297. The Balaban J connectivity index is 2.20. The second kappa shape index (κ2) is 9.03. The summed E-state index contributed by atoms with van der Waals surface area (Å²) in [4.78, 5) is 26.4. The number of benzene rings is 2. The lowest BCUT2D eigenvalue weighted by molar-refractivity contribution is -0.119. The first-order valence-corrected chi connectivity index (χ1v) is 8.65. The molecule has 0 spiro atoms. The predicted molar refractivity (Wildman–Crippen MR) is 105 cm³/mol. The molecule has 2 rings (SSSR count). The van der Waals surface area contributed by atoms with Gasteiger partial charge in [0.2, 0.25) is 0 Å². The number of likely N-dealkylation sites (N-methyl/N-ethyl adjacent to an activating group) is 1. The molecule has 1 N–H and O–H groups in total. The number of hydrogen-bond acceptors (Lipinski definition) is 4. The van der Waals surface area contributed by atoms with Crippen molar-refractivity contribution < 1.29 is 14.3 Å². The Bertz CT molecular complexity index is 822. The SMILES string of the molecule is COc1ccc(C(=O)Nc2ccc(Cl)c(Cl)c2)cc1CC(=O)CN(C)C. The smallest absolute Gasteiger partial charge is 0.255 e. The number of methoxy groups -OCH3 is 1. The Kier molecular flexibility index (Phi) is 7.03. The number of amides is 1. The number of rotatable bonds is 7. The zero-order valence-corrected chi connectivity index (χ0v) is 16.3. The molecule has 0 unspecified atom stereocenters. The molecule has 0 radical (unpaired) electrons. The molecule has 2 aromatic carbocycles. The van der Waals surface area contributed by atoms with Gasteiger partial charge in [0.1, 0.15) is 5.75 Å². The number of ether oxygens (including phenoxy) is 1. The van der Waals surface area contributed by atoms with Gasteiger partial charge in [-0.3, -0.25) is 9.59 Å². The molecule has 0 atom stereocenters. The lowest BCUT2D eigenvalue weighted by Gasteiger charge is -2.13. The van der Waals surface area contributed by atoms with Gasteiger partial charge in [-0.1, -0.05) is 23.2 Å². The maximum Gasteiger partial charge on any atom is 0.255 e. The quantitative estimate of drug-likeness (QED) is 0.772. The van der Waals surface area contributed by atoms with Gasteiger partial charge in [0.05, 0.1) is 23.7 Å². The van der Waals surface area contributed by atoms with Gasteiger partial charge in [0.15, 0.2) is 5.78 Å². The van der Waals surface area contributed by atoms with Gasteiger partial charge in [-0.15, -0.1) is 0 Å². The summed E-state index contributed by atoms with van der Waals surface area (Å²) in [5.41, 5.74) is 1.62. The van der Waals surface area contributed by atoms with Crippen LogP contribution in [0.15, 0.2) is 36.4 Å². The average molecular weight is 395 g/mol. The van der Waals surface area contributed by atoms with Crippen molar-refractivity contribution in [3.8, 4) is 5.75 Å². The van der Waals surface area contributed by atoms with Crippen molar-refractivity contribution in [2.45, 2.75) is 6.42 Å². The zero-order chi connectivity index (χ0) is 19.3. The highest BCUT2D eigenvalue weighted by Gasteiger charge is 2.14. The van der Waals surface area contributed by atoms with Crippen molar-refractivity contribution in [3.63, 3.8) is 0 Å². The fourth-order valence-corrected chi connectivity index (χ4v) is 2.75. The minimum absolute atomic E-state index is 0.0374. The minimum Gasteiger partial charge on any atom is -0.496 e. The molecule has 1 amide bonds. The molecule has 0 bridgehead atoms. The molecule has 0 aromatic heterocycles. The predicted octanol–water partition coefficient (Wildman–Crippen LogP) is 3.93. The van der Waals surface area contributed by atoms with Crippen LogP contribution in [0.5, 0.6) is 5.75 Å². The van der Waals surface area contributed by atoms with Crippen LogP contribution in [0.25, 0.3) is 0 Å². The Morgan fingerprint density at radius 2 is 1.81 bits per heavy atom. The first-order chi connectivity index (χ1) is 12.3. The molecule has 0 aliphatic carbocycles. The average Bonchev–Trinajstić information content (AvgIpc) is 2.57. The van der Waals surface area contributed by atoms with E-state index in [9.17, 15) is 9.59 Å². The summed E-state index contributed by atoms with van der Waals surface area (Å²) in [6.45, 7) is 0.322. The minimum atomic E-state index is -0.313. The van der Waals surface area contributed by atoms with E-state index in [0.29, 0.717) is 39.2 Å². The second-order valence-corrected chi connectivity index (χ2v) is 6.88. The second-order valence-electron chi connectivity index (χ2n) is 6.06. The lowest BCUT2D eigenvalue weighted by Crippen LogP contribution is -2.23. The molecule has 0 fully saturated rings. The summed E-state index contributed by atoms with van der Waals surface area (Å²) < 4.78 is 5.30. The van der Waals surface area contributed by atoms with Crippen LogP contribution in [0, 0.1) is 0 Å². The van der Waals surface area contributed by atoms with Crippen LogP contribution < -0.4 is 10.1 Å². The van der Waals surface area contributed by atoms with E-state index in [4.69, 9.17) is 27.9 Å². The Morgan fingerprint density at radius 1 is 1.08 bits per heavy atom. The number of nitrogens with one attached hydrogen (secondary N) is 1. The van der Waals surface area contributed by atoms with Crippen molar-refractivity contribution in [2.24, 2.45) is 0 Å². The van der Waals surface area contributed by atoms with Crippen molar-refractivity contribution >= 4 is 40.6 Å². The van der Waals surface area contributed by atoms with Crippen LogP contribution in [0.1, 0.15) is 15.9 Å². The maximum absolute atomic E-state index is 12.5. The summed E-state index contributed by atoms with van der Waals surface area (Å²) in [5, 5.41) is 3.53. The zero-order valence-electron chi connectivity index (χ0n) is 14.8. The summed E-state index contributed by atoms with van der Waals surface area (Å²) in [7, 11) is 5.19. The van der Waals surface area contributed by atoms with Gasteiger partial charge in [0.25, 0.3) is 5.91 Å². The van der Waals surface area contributed by atoms with Crippen molar-refractivity contribution in [3.05, 3.63) is 57.6 Å². The van der Waals surface area contributed by atoms with E-state index >= 15 is 0 Å². The van der Waals surface area contributed by atoms with Gasteiger partial charge in [-0.05, 0) is 50.5 Å². The molecule has 0 aliphatic heterocycles. The van der Waals surface area contributed by atoms with Gasteiger partial charge < -0.3 is 15.0 Å². The van der Waals surface area contributed by atoms with E-state index in [-0.39, 0.29) is 18.1 Å². The van der Waals surface area contributed by atoms with Crippen LogP contribution >= 0.6 is 23.2 Å². The number of hydrogen-bond donors (Lipinski definition) is 1. The van der Waals surface area contributed by atoms with E-state index in [1.165, 1.54) is 7.11 Å². The molecule has 0 saturated heterocycles. The number of anilines is 1. The Labute approximate surface area is 162 Å². The topological polar surface area (TPSA) is 58.6 Å². The number of Topliss-reactive ketones (excluding diaryl/α,β-unsaturated/α-hetero) is 1. The van der Waals surface area contributed by atoms with Crippen LogP contribution in [-0.2, 0) is 11.2 Å².